The van der Waals surface area contributed by atoms with Gasteiger partial charge in [-0.05, 0) is 50.8 Å². The normalized spacial score (nSPS) is 21.1. The van der Waals surface area contributed by atoms with Crippen LogP contribution in [0.15, 0.2) is 22.7 Å². The number of piperidine rings is 1. The second-order valence-corrected chi connectivity index (χ2v) is 7.63. The fourth-order valence-electron chi connectivity index (χ4n) is 3.37. The van der Waals surface area contributed by atoms with E-state index in [1.54, 1.807) is 11.8 Å². The van der Waals surface area contributed by atoms with Gasteiger partial charge in [-0.1, -0.05) is 16.8 Å². The minimum atomic E-state index is -0.723. The molecule has 0 N–H and O–H groups in total. The summed E-state index contributed by atoms with van der Waals surface area (Å²) < 4.78 is 24.2. The molecule has 1 aliphatic carbocycles. The van der Waals surface area contributed by atoms with Gasteiger partial charge in [-0.3, -0.25) is 4.79 Å². The maximum Gasteiger partial charge on any atom is 0.263 e. The van der Waals surface area contributed by atoms with E-state index < -0.39 is 11.9 Å². The third kappa shape index (κ3) is 4.08. The van der Waals surface area contributed by atoms with Crippen LogP contribution in [0.1, 0.15) is 56.2 Å². The van der Waals surface area contributed by atoms with Crippen molar-refractivity contribution in [2.75, 3.05) is 13.1 Å². The first-order valence-corrected chi connectivity index (χ1v) is 9.63. The average molecular weight is 394 g/mol. The van der Waals surface area contributed by atoms with E-state index in [1.165, 1.54) is 18.2 Å². The molecular weight excluding hydrogens is 373 g/mol. The number of halogens is 2. The van der Waals surface area contributed by atoms with Gasteiger partial charge in [-0.25, -0.2) is 4.39 Å². The van der Waals surface area contributed by atoms with Gasteiger partial charge in [-0.2, -0.15) is 4.98 Å². The molecule has 1 saturated carbocycles. The topological polar surface area (TPSA) is 68.5 Å². The Bertz CT molecular complexity index is 839. The van der Waals surface area contributed by atoms with Gasteiger partial charge in [0.1, 0.15) is 11.6 Å². The van der Waals surface area contributed by atoms with Crippen molar-refractivity contribution in [3.8, 4) is 5.75 Å². The van der Waals surface area contributed by atoms with Crippen molar-refractivity contribution in [1.29, 1.82) is 0 Å². The van der Waals surface area contributed by atoms with Crippen molar-refractivity contribution in [2.24, 2.45) is 0 Å². The second-order valence-electron chi connectivity index (χ2n) is 7.22. The molecule has 2 aromatic rings. The van der Waals surface area contributed by atoms with E-state index in [0.29, 0.717) is 30.6 Å². The maximum absolute atomic E-state index is 13.2. The van der Waals surface area contributed by atoms with Crippen LogP contribution in [0, 0.1) is 5.82 Å². The molecule has 1 aromatic heterocycles. The summed E-state index contributed by atoms with van der Waals surface area (Å²) in [5.41, 5.74) is 0. The Kier molecular flexibility index (Phi) is 5.04. The average Bonchev–Trinajstić information content (AvgIpc) is 3.40. The molecule has 0 unspecified atom stereocenters. The van der Waals surface area contributed by atoms with Gasteiger partial charge in [0.25, 0.3) is 5.91 Å². The molecule has 1 amide bonds. The summed E-state index contributed by atoms with van der Waals surface area (Å²) in [5.74, 6) is 1.60. The SMILES string of the molecule is C[C@@H](Oc1ccc(F)cc1Cl)C(=O)N1CCC[C@@H](c2noc(C3CC3)n2)C1. The predicted molar refractivity (Wildman–Crippen MR) is 96.3 cm³/mol. The number of hydrogen-bond acceptors (Lipinski definition) is 5. The number of hydrogen-bond donors (Lipinski definition) is 0. The Morgan fingerprint density at radius 1 is 1.37 bits per heavy atom. The first-order chi connectivity index (χ1) is 13.0. The summed E-state index contributed by atoms with van der Waals surface area (Å²) in [6, 6.07) is 3.85. The van der Waals surface area contributed by atoms with E-state index in [0.717, 1.165) is 31.6 Å². The van der Waals surface area contributed by atoms with E-state index in [9.17, 15) is 9.18 Å². The number of amides is 1. The number of nitrogens with zero attached hydrogens (tertiary/aromatic N) is 3. The van der Waals surface area contributed by atoms with Gasteiger partial charge in [0, 0.05) is 24.9 Å². The zero-order valence-electron chi connectivity index (χ0n) is 15.0. The van der Waals surface area contributed by atoms with Gasteiger partial charge < -0.3 is 14.2 Å². The third-order valence-electron chi connectivity index (χ3n) is 5.03. The summed E-state index contributed by atoms with van der Waals surface area (Å²) in [5, 5.41) is 4.26. The van der Waals surface area contributed by atoms with E-state index in [1.807, 2.05) is 0 Å². The van der Waals surface area contributed by atoms with Crippen molar-refractivity contribution >= 4 is 17.5 Å². The Morgan fingerprint density at radius 3 is 2.93 bits per heavy atom. The Labute approximate surface area is 161 Å². The maximum atomic E-state index is 13.2. The first kappa shape index (κ1) is 18.2. The lowest BCUT2D eigenvalue weighted by molar-refractivity contribution is -0.139. The summed E-state index contributed by atoms with van der Waals surface area (Å²) in [4.78, 5) is 19.1. The highest BCUT2D eigenvalue weighted by molar-refractivity contribution is 6.32. The number of carbonyl (C=O) groups excluding carboxylic acids is 1. The smallest absolute Gasteiger partial charge is 0.263 e. The van der Waals surface area contributed by atoms with E-state index in [-0.39, 0.29) is 16.8 Å². The van der Waals surface area contributed by atoms with Crippen LogP contribution in [0.5, 0.6) is 5.75 Å². The zero-order valence-corrected chi connectivity index (χ0v) is 15.8. The minimum Gasteiger partial charge on any atom is -0.479 e. The molecule has 144 valence electrons. The largest absolute Gasteiger partial charge is 0.479 e. The van der Waals surface area contributed by atoms with Crippen LogP contribution >= 0.6 is 11.6 Å². The molecular formula is C19H21ClFN3O3. The Balaban J connectivity index is 1.39. The highest BCUT2D eigenvalue weighted by Gasteiger charge is 2.34. The molecule has 2 atom stereocenters. The molecule has 0 spiro atoms. The number of ether oxygens (including phenoxy) is 1. The number of benzene rings is 1. The van der Waals surface area contributed by atoms with Gasteiger partial charge in [-0.15, -0.1) is 0 Å². The standard InChI is InChI=1S/C19H21ClFN3O3/c1-11(26-16-7-6-14(21)9-15(16)20)19(25)24-8-2-3-13(10-24)17-22-18(27-23-17)12-4-5-12/h6-7,9,11-13H,2-5,8,10H2,1H3/t11-,13-/m1/s1. The summed E-state index contributed by atoms with van der Waals surface area (Å²) >= 11 is 5.98. The predicted octanol–water partition coefficient (Wildman–Crippen LogP) is 3.91. The van der Waals surface area contributed by atoms with Gasteiger partial charge >= 0.3 is 0 Å². The molecule has 0 bridgehead atoms. The lowest BCUT2D eigenvalue weighted by Crippen LogP contribution is -2.45. The molecule has 1 aromatic carbocycles. The molecule has 1 saturated heterocycles. The van der Waals surface area contributed by atoms with Crippen LogP contribution in [0.4, 0.5) is 4.39 Å². The zero-order chi connectivity index (χ0) is 19.0. The van der Waals surface area contributed by atoms with Crippen molar-refractivity contribution in [1.82, 2.24) is 15.0 Å². The van der Waals surface area contributed by atoms with Crippen molar-refractivity contribution in [2.45, 2.75) is 50.5 Å². The minimum absolute atomic E-state index is 0.0700. The molecule has 4 rings (SSSR count). The van der Waals surface area contributed by atoms with E-state index in [2.05, 4.69) is 10.1 Å². The molecule has 8 heteroatoms. The van der Waals surface area contributed by atoms with Gasteiger partial charge in [0.05, 0.1) is 5.02 Å². The summed E-state index contributed by atoms with van der Waals surface area (Å²) in [7, 11) is 0. The van der Waals surface area contributed by atoms with Crippen LogP contribution in [0.3, 0.4) is 0 Å². The second kappa shape index (κ2) is 7.46. The molecule has 1 aliphatic heterocycles. The number of likely N-dealkylation sites (tertiary alicyclic amines) is 1. The van der Waals surface area contributed by atoms with Crippen LogP contribution in [-0.2, 0) is 4.79 Å². The van der Waals surface area contributed by atoms with Crippen molar-refractivity contribution < 1.29 is 18.4 Å². The summed E-state index contributed by atoms with van der Waals surface area (Å²) in [6.07, 6.45) is 3.29. The molecule has 27 heavy (non-hydrogen) atoms. The molecule has 6 nitrogen and oxygen atoms in total. The Hall–Kier alpha value is -2.15. The third-order valence-corrected chi connectivity index (χ3v) is 5.32. The highest BCUT2D eigenvalue weighted by Crippen LogP contribution is 2.39. The molecule has 2 aliphatic rings. The van der Waals surface area contributed by atoms with Crippen LogP contribution < -0.4 is 4.74 Å². The van der Waals surface area contributed by atoms with E-state index >= 15 is 0 Å². The number of carbonyl (C=O) groups is 1. The van der Waals surface area contributed by atoms with Gasteiger partial charge in [0.2, 0.25) is 5.89 Å². The van der Waals surface area contributed by atoms with Gasteiger partial charge in [0.15, 0.2) is 11.9 Å². The monoisotopic (exact) mass is 393 g/mol. The van der Waals surface area contributed by atoms with Crippen LogP contribution in [0.2, 0.25) is 5.02 Å². The fraction of sp³-hybridized carbons (Fsp3) is 0.526. The number of rotatable bonds is 5. The lowest BCUT2D eigenvalue weighted by atomic mass is 9.97. The molecule has 2 heterocycles. The fourth-order valence-corrected chi connectivity index (χ4v) is 3.58. The Morgan fingerprint density at radius 2 is 2.19 bits per heavy atom. The summed E-state index contributed by atoms with van der Waals surface area (Å²) in [6.45, 7) is 2.87. The van der Waals surface area contributed by atoms with Crippen LogP contribution in [-0.4, -0.2) is 40.1 Å². The lowest BCUT2D eigenvalue weighted by Gasteiger charge is -2.33. The van der Waals surface area contributed by atoms with Crippen molar-refractivity contribution in [3.63, 3.8) is 0 Å². The quantitative estimate of drug-likeness (QED) is 0.770. The highest BCUT2D eigenvalue weighted by atomic mass is 35.5. The molecule has 2 fully saturated rings. The van der Waals surface area contributed by atoms with E-state index in [4.69, 9.17) is 20.9 Å². The van der Waals surface area contributed by atoms with Crippen molar-refractivity contribution in [3.05, 3.63) is 40.8 Å². The number of aromatic nitrogens is 2. The van der Waals surface area contributed by atoms with Crippen LogP contribution in [0.25, 0.3) is 0 Å². The first-order valence-electron chi connectivity index (χ1n) is 9.25. The molecule has 0 radical (unpaired) electrons.